The summed E-state index contributed by atoms with van der Waals surface area (Å²) < 4.78 is 6.18. The molecule has 1 aromatic heterocycles. The number of rotatable bonds is 11. The number of imide groups is 2. The van der Waals surface area contributed by atoms with E-state index in [0.29, 0.717) is 45.7 Å². The average Bonchev–Trinajstić information content (AvgIpc) is 3.58. The van der Waals surface area contributed by atoms with Gasteiger partial charge >= 0.3 is 0 Å². The van der Waals surface area contributed by atoms with E-state index in [1.54, 1.807) is 12.1 Å². The number of piperidine rings is 4. The third-order valence-electron chi connectivity index (χ3n) is 15.6. The Morgan fingerprint density at radius 2 is 1.55 bits per heavy atom. The maximum atomic E-state index is 13.4. The number of likely N-dealkylation sites (tertiary alicyclic amines) is 2. The van der Waals surface area contributed by atoms with Crippen LogP contribution in [-0.4, -0.2) is 119 Å². The minimum atomic E-state index is -0.956. The number of nitrogens with one attached hydrogen (secondary N) is 1. The standard InChI is InChI=1S/C52H58ClN9O5/c1-51(2,37-25-35(29-54)26-38(53)27-37)36-3-6-42(7-4-36)67-31-39-11-18-55-50(56-39)60-23-16-52(17-24-60)32-61(33-52)40-14-19-58(20-15-40)30-34-12-21-59(22-13-34)41-5-8-43-44(28-41)49(66)62(48(43)65)45-9-10-46(63)57-47(45)64/h3-8,11,18,25-28,34,40,45H,9-10,12-17,19-24,30-33H2,1-2H3,(H,57,63,64). The Bertz CT molecular complexity index is 2600. The van der Waals surface area contributed by atoms with Gasteiger partial charge in [0.05, 0.1) is 28.5 Å². The van der Waals surface area contributed by atoms with E-state index in [2.05, 4.69) is 61.9 Å². The number of carbonyl (C=O) groups is 4. The summed E-state index contributed by atoms with van der Waals surface area (Å²) in [6, 6.07) is 22.9. The summed E-state index contributed by atoms with van der Waals surface area (Å²) in [5.74, 6) is 0.269. The molecule has 1 atom stereocenters. The molecule has 1 N–H and O–H groups in total. The molecule has 0 aliphatic carbocycles. The van der Waals surface area contributed by atoms with Crippen LogP contribution in [0.1, 0.15) is 108 Å². The molecule has 0 radical (unpaired) electrons. The number of benzene rings is 3. The molecule has 6 aliphatic heterocycles. The summed E-state index contributed by atoms with van der Waals surface area (Å²) >= 11 is 6.32. The van der Waals surface area contributed by atoms with Crippen molar-refractivity contribution < 1.29 is 23.9 Å². The molecule has 1 unspecified atom stereocenters. The Labute approximate surface area is 397 Å². The van der Waals surface area contributed by atoms with Crippen LogP contribution in [0, 0.1) is 22.7 Å². The minimum Gasteiger partial charge on any atom is -0.487 e. The first-order chi connectivity index (χ1) is 32.3. The van der Waals surface area contributed by atoms with Gasteiger partial charge in [0, 0.05) is 80.6 Å². The van der Waals surface area contributed by atoms with Gasteiger partial charge < -0.3 is 19.4 Å². The van der Waals surface area contributed by atoms with Gasteiger partial charge in [-0.3, -0.25) is 34.3 Å². The lowest BCUT2D eigenvalue weighted by Crippen LogP contribution is -2.64. The second-order valence-electron chi connectivity index (χ2n) is 20.2. The smallest absolute Gasteiger partial charge is 0.262 e. The first kappa shape index (κ1) is 44.9. The van der Waals surface area contributed by atoms with Crippen molar-refractivity contribution >= 4 is 46.9 Å². The van der Waals surface area contributed by atoms with Crippen LogP contribution >= 0.6 is 11.6 Å². The fourth-order valence-corrected chi connectivity index (χ4v) is 11.6. The van der Waals surface area contributed by atoms with Gasteiger partial charge in [-0.25, -0.2) is 9.97 Å². The normalized spacial score (nSPS) is 21.9. The summed E-state index contributed by atoms with van der Waals surface area (Å²) in [5.41, 5.74) is 5.11. The van der Waals surface area contributed by atoms with Crippen LogP contribution in [0.4, 0.5) is 11.6 Å². The molecule has 3 aromatic carbocycles. The fraction of sp³-hybridized carbons (Fsp3) is 0.481. The highest BCUT2D eigenvalue weighted by atomic mass is 35.5. The molecular weight excluding hydrogens is 866 g/mol. The lowest BCUT2D eigenvalue weighted by molar-refractivity contribution is -0.136. The Hall–Kier alpha value is -5.88. The van der Waals surface area contributed by atoms with Gasteiger partial charge in [0.2, 0.25) is 17.8 Å². The molecule has 4 amide bonds. The third kappa shape index (κ3) is 9.13. The van der Waals surface area contributed by atoms with Crippen molar-refractivity contribution in [3.63, 3.8) is 0 Å². The highest BCUT2D eigenvalue weighted by molar-refractivity contribution is 6.30. The molecule has 0 bridgehead atoms. The number of halogens is 1. The van der Waals surface area contributed by atoms with Crippen LogP contribution in [0.15, 0.2) is 72.9 Å². The van der Waals surface area contributed by atoms with Crippen LogP contribution in [0.5, 0.6) is 5.75 Å². The summed E-state index contributed by atoms with van der Waals surface area (Å²) in [4.78, 5) is 71.4. The molecular formula is C52H58ClN9O5. The summed E-state index contributed by atoms with van der Waals surface area (Å²) in [6.45, 7) is 14.1. The molecule has 5 fully saturated rings. The minimum absolute atomic E-state index is 0.105. The van der Waals surface area contributed by atoms with Crippen LogP contribution in [0.3, 0.4) is 0 Å². The molecule has 0 saturated carbocycles. The zero-order valence-corrected chi connectivity index (χ0v) is 39.1. The van der Waals surface area contributed by atoms with Gasteiger partial charge in [0.25, 0.3) is 11.8 Å². The van der Waals surface area contributed by atoms with Crippen LogP contribution in [0.2, 0.25) is 5.02 Å². The number of ether oxygens (including phenoxy) is 1. The maximum Gasteiger partial charge on any atom is 0.262 e. The van der Waals surface area contributed by atoms with E-state index in [4.69, 9.17) is 21.3 Å². The number of aromatic nitrogens is 2. The van der Waals surface area contributed by atoms with E-state index in [1.165, 1.54) is 25.9 Å². The molecule has 5 saturated heterocycles. The molecule has 348 valence electrons. The zero-order chi connectivity index (χ0) is 46.5. The largest absolute Gasteiger partial charge is 0.487 e. The second kappa shape index (κ2) is 18.3. The Morgan fingerprint density at radius 1 is 0.821 bits per heavy atom. The first-order valence-corrected chi connectivity index (χ1v) is 24.3. The predicted molar refractivity (Wildman–Crippen MR) is 254 cm³/mol. The molecule has 67 heavy (non-hydrogen) atoms. The van der Waals surface area contributed by atoms with E-state index < -0.39 is 23.8 Å². The van der Waals surface area contributed by atoms with Crippen molar-refractivity contribution in [1.29, 1.82) is 5.26 Å². The van der Waals surface area contributed by atoms with Gasteiger partial charge in [0.1, 0.15) is 18.4 Å². The van der Waals surface area contributed by atoms with Crippen molar-refractivity contribution in [3.05, 3.63) is 111 Å². The third-order valence-corrected chi connectivity index (χ3v) is 15.8. The van der Waals surface area contributed by atoms with Gasteiger partial charge in [-0.05, 0) is 135 Å². The number of carbonyl (C=O) groups excluding carboxylic acids is 4. The van der Waals surface area contributed by atoms with Crippen molar-refractivity contribution in [2.75, 3.05) is 68.7 Å². The first-order valence-electron chi connectivity index (χ1n) is 23.9. The van der Waals surface area contributed by atoms with E-state index in [-0.39, 0.29) is 24.2 Å². The Kier molecular flexibility index (Phi) is 12.3. The predicted octanol–water partition coefficient (Wildman–Crippen LogP) is 6.59. The number of hydrogen-bond acceptors (Lipinski definition) is 12. The lowest BCUT2D eigenvalue weighted by atomic mass is 9.71. The molecule has 7 heterocycles. The van der Waals surface area contributed by atoms with Gasteiger partial charge in [-0.15, -0.1) is 0 Å². The fourth-order valence-electron chi connectivity index (χ4n) is 11.4. The SMILES string of the molecule is CC(C)(c1ccc(OCc2ccnc(N3CCC4(CC3)CN(C3CCN(CC5CCN(c6ccc7c(c6)C(=O)N(C6CCC(=O)NC6=O)C7=O)CC5)CC3)C4)n2)cc1)c1cc(Cl)cc(C#N)c1. The number of hydrogen-bond donors (Lipinski definition) is 1. The van der Waals surface area contributed by atoms with E-state index >= 15 is 0 Å². The second-order valence-corrected chi connectivity index (χ2v) is 20.6. The number of nitriles is 1. The van der Waals surface area contributed by atoms with E-state index in [1.807, 2.05) is 48.7 Å². The lowest BCUT2D eigenvalue weighted by Gasteiger charge is -2.57. The maximum absolute atomic E-state index is 13.4. The van der Waals surface area contributed by atoms with Gasteiger partial charge in [-0.1, -0.05) is 37.6 Å². The molecule has 10 rings (SSSR count). The Balaban J connectivity index is 0.637. The van der Waals surface area contributed by atoms with E-state index in [9.17, 15) is 24.4 Å². The summed E-state index contributed by atoms with van der Waals surface area (Å²) in [6.07, 6.45) is 9.00. The van der Waals surface area contributed by atoms with E-state index in [0.717, 1.165) is 111 Å². The van der Waals surface area contributed by atoms with Gasteiger partial charge in [0.15, 0.2) is 0 Å². The number of amides is 4. The molecule has 6 aliphatic rings. The van der Waals surface area contributed by atoms with Crippen molar-refractivity contribution in [3.8, 4) is 11.8 Å². The molecule has 14 nitrogen and oxygen atoms in total. The van der Waals surface area contributed by atoms with Crippen molar-refractivity contribution in [2.45, 2.75) is 89.3 Å². The number of fused-ring (bicyclic) bond motifs is 1. The summed E-state index contributed by atoms with van der Waals surface area (Å²) in [7, 11) is 0. The monoisotopic (exact) mass is 923 g/mol. The number of nitrogens with zero attached hydrogens (tertiary/aromatic N) is 8. The van der Waals surface area contributed by atoms with Crippen molar-refractivity contribution in [2.24, 2.45) is 11.3 Å². The van der Waals surface area contributed by atoms with Crippen LogP contribution < -0.4 is 19.9 Å². The van der Waals surface area contributed by atoms with Gasteiger partial charge in [-0.2, -0.15) is 5.26 Å². The quantitative estimate of drug-likeness (QED) is 0.162. The molecule has 4 aromatic rings. The topological polar surface area (TPSA) is 155 Å². The average molecular weight is 925 g/mol. The molecule has 1 spiro atoms. The summed E-state index contributed by atoms with van der Waals surface area (Å²) in [5, 5.41) is 12.3. The van der Waals surface area contributed by atoms with Crippen molar-refractivity contribution in [1.82, 2.24) is 30.0 Å². The van der Waals surface area contributed by atoms with Crippen LogP contribution in [-0.2, 0) is 21.6 Å². The Morgan fingerprint density at radius 3 is 2.27 bits per heavy atom. The highest BCUT2D eigenvalue weighted by Gasteiger charge is 2.48. The van der Waals surface area contributed by atoms with Crippen LogP contribution in [0.25, 0.3) is 0 Å². The molecule has 15 heteroatoms. The zero-order valence-electron chi connectivity index (χ0n) is 38.4. The number of anilines is 2. The highest BCUT2D eigenvalue weighted by Crippen LogP contribution is 2.43.